The maximum Gasteiger partial charge on any atom is 0.305 e. The number of ether oxygens (including phenoxy) is 1. The fourth-order valence-electron chi connectivity index (χ4n) is 2.11. The third-order valence-electron chi connectivity index (χ3n) is 2.85. The molecule has 0 saturated heterocycles. The lowest BCUT2D eigenvalue weighted by Crippen LogP contribution is -2.44. The van der Waals surface area contributed by atoms with Crippen molar-refractivity contribution in [1.29, 1.82) is 0 Å². The average molecular weight is 256 g/mol. The summed E-state index contributed by atoms with van der Waals surface area (Å²) in [4.78, 5) is 12.8. The summed E-state index contributed by atoms with van der Waals surface area (Å²) >= 11 is 5.95. The molecule has 0 saturated carbocycles. The molecular weight excluding hydrogens is 242 g/mol. The van der Waals surface area contributed by atoms with Crippen LogP contribution < -0.4 is 9.64 Å². The van der Waals surface area contributed by atoms with Crippen molar-refractivity contribution in [3.05, 3.63) is 23.2 Å². The van der Waals surface area contributed by atoms with Gasteiger partial charge < -0.3 is 14.7 Å². The highest BCUT2D eigenvalue weighted by molar-refractivity contribution is 6.31. The molecule has 1 aromatic rings. The van der Waals surface area contributed by atoms with Crippen molar-refractivity contribution in [3.63, 3.8) is 0 Å². The quantitative estimate of drug-likeness (QED) is 0.901. The Morgan fingerprint density at radius 3 is 3.06 bits per heavy atom. The average Bonchev–Trinajstić information content (AvgIpc) is 2.28. The van der Waals surface area contributed by atoms with Crippen molar-refractivity contribution in [1.82, 2.24) is 0 Å². The molecule has 17 heavy (non-hydrogen) atoms. The van der Waals surface area contributed by atoms with E-state index in [2.05, 4.69) is 0 Å². The molecule has 0 bridgehead atoms. The van der Waals surface area contributed by atoms with E-state index in [0.717, 1.165) is 18.0 Å². The normalized spacial score (nSPS) is 18.5. The summed E-state index contributed by atoms with van der Waals surface area (Å²) in [5, 5.41) is 9.50. The summed E-state index contributed by atoms with van der Waals surface area (Å²) in [6.45, 7) is 3.12. The van der Waals surface area contributed by atoms with Crippen LogP contribution in [0.2, 0.25) is 5.02 Å². The second-order valence-electron chi connectivity index (χ2n) is 3.96. The Morgan fingerprint density at radius 1 is 1.65 bits per heavy atom. The lowest BCUT2D eigenvalue weighted by molar-refractivity contribution is -0.137. The first-order valence-corrected chi connectivity index (χ1v) is 5.90. The third kappa shape index (κ3) is 2.47. The smallest absolute Gasteiger partial charge is 0.305 e. The number of hydrogen-bond donors (Lipinski definition) is 1. The fraction of sp³-hybridized carbons (Fsp3) is 0.417. The highest BCUT2D eigenvalue weighted by Crippen LogP contribution is 2.36. The molecule has 92 valence electrons. The molecule has 1 aliphatic heterocycles. The number of carboxylic acids is 1. The Hall–Kier alpha value is -1.42. The summed E-state index contributed by atoms with van der Waals surface area (Å²) in [6.07, 6.45) is 0.0692. The lowest BCUT2D eigenvalue weighted by Gasteiger charge is -2.37. The van der Waals surface area contributed by atoms with Gasteiger partial charge in [-0.15, -0.1) is 0 Å². The number of carboxylic acid groups (broad SMARTS) is 1. The van der Waals surface area contributed by atoms with Gasteiger partial charge in [0.15, 0.2) is 0 Å². The highest BCUT2D eigenvalue weighted by Gasteiger charge is 2.28. The van der Waals surface area contributed by atoms with Gasteiger partial charge in [-0.2, -0.15) is 0 Å². The van der Waals surface area contributed by atoms with Gasteiger partial charge in [-0.05, 0) is 25.1 Å². The van der Waals surface area contributed by atoms with E-state index >= 15 is 0 Å². The van der Waals surface area contributed by atoms with Crippen LogP contribution in [-0.2, 0) is 4.79 Å². The number of anilines is 1. The molecule has 5 heteroatoms. The summed E-state index contributed by atoms with van der Waals surface area (Å²) in [6, 6.07) is 5.26. The SMILES string of the molecule is CCN1c2cc(Cl)ccc2OCC1CC(=O)O. The van der Waals surface area contributed by atoms with Crippen molar-refractivity contribution in [2.75, 3.05) is 18.1 Å². The van der Waals surface area contributed by atoms with Crippen molar-refractivity contribution >= 4 is 23.3 Å². The molecule has 0 spiro atoms. The molecule has 1 heterocycles. The number of hydrogen-bond acceptors (Lipinski definition) is 3. The summed E-state index contributed by atoms with van der Waals surface area (Å²) in [5.41, 5.74) is 0.873. The van der Waals surface area contributed by atoms with Gasteiger partial charge >= 0.3 is 5.97 Å². The minimum atomic E-state index is -0.817. The van der Waals surface area contributed by atoms with Crippen LogP contribution in [0, 0.1) is 0 Å². The van der Waals surface area contributed by atoms with Crippen LogP contribution in [0.4, 0.5) is 5.69 Å². The molecule has 4 nitrogen and oxygen atoms in total. The van der Waals surface area contributed by atoms with E-state index in [1.165, 1.54) is 0 Å². The highest BCUT2D eigenvalue weighted by atomic mass is 35.5. The Labute approximate surface area is 105 Å². The number of benzene rings is 1. The van der Waals surface area contributed by atoms with Crippen LogP contribution in [-0.4, -0.2) is 30.3 Å². The standard InChI is InChI=1S/C12H14ClNO3/c1-2-14-9(6-12(15)16)7-17-11-4-3-8(13)5-10(11)14/h3-5,9H,2,6-7H2,1H3,(H,15,16). The van der Waals surface area contributed by atoms with Crippen molar-refractivity contribution < 1.29 is 14.6 Å². The van der Waals surface area contributed by atoms with Gasteiger partial charge in [0.25, 0.3) is 0 Å². The Morgan fingerprint density at radius 2 is 2.41 bits per heavy atom. The number of likely N-dealkylation sites (N-methyl/N-ethyl adjacent to an activating group) is 1. The molecule has 0 fully saturated rings. The van der Waals surface area contributed by atoms with Crippen LogP contribution in [0.15, 0.2) is 18.2 Å². The van der Waals surface area contributed by atoms with E-state index in [1.54, 1.807) is 6.07 Å². The molecule has 1 aromatic carbocycles. The number of aliphatic carboxylic acids is 1. The van der Waals surface area contributed by atoms with Gasteiger partial charge in [0.05, 0.1) is 18.2 Å². The van der Waals surface area contributed by atoms with Gasteiger partial charge in [0.2, 0.25) is 0 Å². The predicted octanol–water partition coefficient (Wildman–Crippen LogP) is 2.40. The molecule has 1 aliphatic rings. The Kier molecular flexibility index (Phi) is 3.43. The van der Waals surface area contributed by atoms with Gasteiger partial charge in [0, 0.05) is 11.6 Å². The minimum absolute atomic E-state index is 0.0692. The topological polar surface area (TPSA) is 49.8 Å². The molecule has 2 rings (SSSR count). The number of fused-ring (bicyclic) bond motifs is 1. The van der Waals surface area contributed by atoms with Crippen LogP contribution in [0.5, 0.6) is 5.75 Å². The summed E-state index contributed by atoms with van der Waals surface area (Å²) < 4.78 is 5.56. The van der Waals surface area contributed by atoms with Gasteiger partial charge in [0.1, 0.15) is 12.4 Å². The zero-order valence-corrected chi connectivity index (χ0v) is 10.3. The molecular formula is C12H14ClNO3. The number of halogens is 1. The minimum Gasteiger partial charge on any atom is -0.489 e. The molecule has 0 amide bonds. The number of carbonyl (C=O) groups is 1. The zero-order valence-electron chi connectivity index (χ0n) is 9.52. The Balaban J connectivity index is 2.31. The molecule has 1 unspecified atom stereocenters. The van der Waals surface area contributed by atoms with E-state index in [-0.39, 0.29) is 12.5 Å². The van der Waals surface area contributed by atoms with E-state index in [4.69, 9.17) is 21.4 Å². The van der Waals surface area contributed by atoms with Gasteiger partial charge in [-0.3, -0.25) is 4.79 Å². The zero-order chi connectivity index (χ0) is 12.4. The van der Waals surface area contributed by atoms with E-state index in [0.29, 0.717) is 11.6 Å². The first-order valence-electron chi connectivity index (χ1n) is 5.52. The number of nitrogens with zero attached hydrogens (tertiary/aromatic N) is 1. The van der Waals surface area contributed by atoms with Crippen molar-refractivity contribution in [3.8, 4) is 5.75 Å². The summed E-state index contributed by atoms with van der Waals surface area (Å²) in [7, 11) is 0. The maximum atomic E-state index is 10.8. The van der Waals surface area contributed by atoms with E-state index in [1.807, 2.05) is 24.0 Å². The van der Waals surface area contributed by atoms with Crippen LogP contribution in [0.3, 0.4) is 0 Å². The van der Waals surface area contributed by atoms with Gasteiger partial charge in [-0.25, -0.2) is 0 Å². The number of rotatable bonds is 3. The largest absolute Gasteiger partial charge is 0.489 e. The molecule has 0 radical (unpaired) electrons. The molecule has 0 aromatic heterocycles. The van der Waals surface area contributed by atoms with Crippen molar-refractivity contribution in [2.24, 2.45) is 0 Å². The van der Waals surface area contributed by atoms with Crippen molar-refractivity contribution in [2.45, 2.75) is 19.4 Å². The third-order valence-corrected chi connectivity index (χ3v) is 3.09. The Bertz CT molecular complexity index is 436. The van der Waals surface area contributed by atoms with Crippen LogP contribution in [0.25, 0.3) is 0 Å². The molecule has 1 atom stereocenters. The first-order chi connectivity index (χ1) is 8.11. The predicted molar refractivity (Wildman–Crippen MR) is 66.0 cm³/mol. The summed E-state index contributed by atoms with van der Waals surface area (Å²) in [5.74, 6) is -0.0552. The maximum absolute atomic E-state index is 10.8. The second kappa shape index (κ2) is 4.84. The first kappa shape index (κ1) is 12.0. The van der Waals surface area contributed by atoms with Crippen LogP contribution in [0.1, 0.15) is 13.3 Å². The van der Waals surface area contributed by atoms with E-state index < -0.39 is 5.97 Å². The molecule has 0 aliphatic carbocycles. The monoisotopic (exact) mass is 255 g/mol. The fourth-order valence-corrected chi connectivity index (χ4v) is 2.28. The van der Waals surface area contributed by atoms with Gasteiger partial charge in [-0.1, -0.05) is 11.6 Å². The molecule has 1 N–H and O–H groups in total. The van der Waals surface area contributed by atoms with E-state index in [9.17, 15) is 4.79 Å². The second-order valence-corrected chi connectivity index (χ2v) is 4.40. The lowest BCUT2D eigenvalue weighted by atomic mass is 10.1. The van der Waals surface area contributed by atoms with Crippen LogP contribution >= 0.6 is 11.6 Å².